The molecule has 0 aromatic heterocycles. The maximum Gasteiger partial charge on any atom is 0.0102 e. The lowest BCUT2D eigenvalue weighted by Crippen LogP contribution is -2.43. The fourth-order valence-corrected chi connectivity index (χ4v) is 2.86. The molecule has 2 aliphatic rings. The summed E-state index contributed by atoms with van der Waals surface area (Å²) in [4.78, 5) is 2.56. The average molecular weight is 210 g/mol. The average Bonchev–Trinajstić information content (AvgIpc) is 2.98. The summed E-state index contributed by atoms with van der Waals surface area (Å²) >= 11 is 0. The van der Waals surface area contributed by atoms with Crippen molar-refractivity contribution in [3.8, 4) is 0 Å². The molecule has 1 aliphatic carbocycles. The first-order valence-corrected chi connectivity index (χ1v) is 6.81. The predicted molar refractivity (Wildman–Crippen MR) is 65.1 cm³/mol. The highest BCUT2D eigenvalue weighted by atomic mass is 15.1. The van der Waals surface area contributed by atoms with Crippen molar-refractivity contribution in [3.63, 3.8) is 0 Å². The Morgan fingerprint density at radius 3 is 2.53 bits per heavy atom. The van der Waals surface area contributed by atoms with Gasteiger partial charge < -0.3 is 10.2 Å². The number of likely N-dealkylation sites (tertiary alicyclic amines) is 1. The van der Waals surface area contributed by atoms with Gasteiger partial charge in [-0.3, -0.25) is 0 Å². The van der Waals surface area contributed by atoms with Crippen molar-refractivity contribution in [2.75, 3.05) is 19.6 Å². The Balaban J connectivity index is 1.61. The van der Waals surface area contributed by atoms with Crippen LogP contribution in [0.1, 0.15) is 46.0 Å². The maximum absolute atomic E-state index is 3.85. The largest absolute Gasteiger partial charge is 0.311 e. The van der Waals surface area contributed by atoms with Crippen molar-refractivity contribution >= 4 is 0 Å². The van der Waals surface area contributed by atoms with Crippen LogP contribution in [0.3, 0.4) is 0 Å². The Morgan fingerprint density at radius 2 is 1.93 bits per heavy atom. The summed E-state index contributed by atoms with van der Waals surface area (Å²) in [5, 5.41) is 3.85. The Bertz CT molecular complexity index is 185. The van der Waals surface area contributed by atoms with E-state index in [0.29, 0.717) is 0 Å². The van der Waals surface area contributed by atoms with Crippen LogP contribution in [0.4, 0.5) is 0 Å². The molecule has 88 valence electrons. The lowest BCUT2D eigenvalue weighted by molar-refractivity contribution is 0.204. The molecule has 2 atom stereocenters. The molecule has 0 aromatic carbocycles. The first-order chi connectivity index (χ1) is 7.33. The molecule has 2 fully saturated rings. The van der Waals surface area contributed by atoms with E-state index in [-0.39, 0.29) is 0 Å². The van der Waals surface area contributed by atoms with Crippen LogP contribution in [0.2, 0.25) is 0 Å². The molecule has 2 nitrogen and oxygen atoms in total. The quantitative estimate of drug-likeness (QED) is 0.749. The molecular weight excluding hydrogens is 184 g/mol. The summed E-state index contributed by atoms with van der Waals surface area (Å²) in [7, 11) is 0. The Kier molecular flexibility index (Phi) is 4.04. The van der Waals surface area contributed by atoms with Crippen LogP contribution in [-0.4, -0.2) is 36.6 Å². The van der Waals surface area contributed by atoms with Crippen molar-refractivity contribution in [2.45, 2.75) is 58.0 Å². The van der Waals surface area contributed by atoms with Gasteiger partial charge in [-0.05, 0) is 51.2 Å². The van der Waals surface area contributed by atoms with Gasteiger partial charge in [0.05, 0.1) is 0 Å². The van der Waals surface area contributed by atoms with Gasteiger partial charge in [-0.1, -0.05) is 20.3 Å². The molecule has 0 spiro atoms. The highest BCUT2D eigenvalue weighted by Crippen LogP contribution is 2.35. The SMILES string of the molecule is CCCC1CC1NC1CCN(CC)CC1. The van der Waals surface area contributed by atoms with Gasteiger partial charge in [-0.25, -0.2) is 0 Å². The van der Waals surface area contributed by atoms with Crippen LogP contribution in [0.5, 0.6) is 0 Å². The van der Waals surface area contributed by atoms with E-state index >= 15 is 0 Å². The van der Waals surface area contributed by atoms with Gasteiger partial charge in [-0.2, -0.15) is 0 Å². The monoisotopic (exact) mass is 210 g/mol. The van der Waals surface area contributed by atoms with Crippen LogP contribution in [0, 0.1) is 5.92 Å². The lowest BCUT2D eigenvalue weighted by Gasteiger charge is -2.31. The first kappa shape index (κ1) is 11.4. The van der Waals surface area contributed by atoms with Crippen molar-refractivity contribution in [2.24, 2.45) is 5.92 Å². The van der Waals surface area contributed by atoms with Crippen LogP contribution in [0.15, 0.2) is 0 Å². The minimum absolute atomic E-state index is 0.819. The molecule has 0 bridgehead atoms. The topological polar surface area (TPSA) is 15.3 Å². The molecule has 1 saturated carbocycles. The van der Waals surface area contributed by atoms with Crippen LogP contribution in [-0.2, 0) is 0 Å². The standard InChI is InChI=1S/C13H26N2/c1-3-5-11-10-13(11)14-12-6-8-15(4-2)9-7-12/h11-14H,3-10H2,1-2H3. The minimum Gasteiger partial charge on any atom is -0.311 e. The number of piperidine rings is 1. The zero-order chi connectivity index (χ0) is 10.7. The Labute approximate surface area is 94.4 Å². The summed E-state index contributed by atoms with van der Waals surface area (Å²) < 4.78 is 0. The Morgan fingerprint density at radius 1 is 1.20 bits per heavy atom. The molecule has 1 heterocycles. The van der Waals surface area contributed by atoms with Crippen molar-refractivity contribution < 1.29 is 0 Å². The zero-order valence-electron chi connectivity index (χ0n) is 10.3. The number of nitrogens with one attached hydrogen (secondary N) is 1. The zero-order valence-corrected chi connectivity index (χ0v) is 10.3. The van der Waals surface area contributed by atoms with Crippen LogP contribution < -0.4 is 5.32 Å². The van der Waals surface area contributed by atoms with Gasteiger partial charge >= 0.3 is 0 Å². The van der Waals surface area contributed by atoms with Crippen LogP contribution in [0.25, 0.3) is 0 Å². The molecule has 0 radical (unpaired) electrons. The summed E-state index contributed by atoms with van der Waals surface area (Å²) in [6, 6.07) is 1.70. The van der Waals surface area contributed by atoms with Gasteiger partial charge in [0.15, 0.2) is 0 Å². The number of hydrogen-bond acceptors (Lipinski definition) is 2. The predicted octanol–water partition coefficient (Wildman–Crippen LogP) is 2.25. The fraction of sp³-hybridized carbons (Fsp3) is 1.00. The summed E-state index contributed by atoms with van der Waals surface area (Å²) in [6.07, 6.45) is 6.97. The van der Waals surface area contributed by atoms with Gasteiger partial charge in [-0.15, -0.1) is 0 Å². The second-order valence-electron chi connectivity index (χ2n) is 5.27. The molecule has 2 rings (SSSR count). The van der Waals surface area contributed by atoms with Crippen LogP contribution >= 0.6 is 0 Å². The second kappa shape index (κ2) is 5.31. The van der Waals surface area contributed by atoms with Crippen molar-refractivity contribution in [1.29, 1.82) is 0 Å². The van der Waals surface area contributed by atoms with E-state index in [1.54, 1.807) is 0 Å². The van der Waals surface area contributed by atoms with E-state index in [0.717, 1.165) is 18.0 Å². The second-order valence-corrected chi connectivity index (χ2v) is 5.27. The number of hydrogen-bond donors (Lipinski definition) is 1. The summed E-state index contributed by atoms with van der Waals surface area (Å²) in [5.41, 5.74) is 0. The highest BCUT2D eigenvalue weighted by molar-refractivity contribution is 4.95. The first-order valence-electron chi connectivity index (χ1n) is 6.81. The van der Waals surface area contributed by atoms with E-state index in [9.17, 15) is 0 Å². The third kappa shape index (κ3) is 3.18. The number of rotatable bonds is 5. The van der Waals surface area contributed by atoms with Crippen molar-refractivity contribution in [3.05, 3.63) is 0 Å². The van der Waals surface area contributed by atoms with E-state index in [4.69, 9.17) is 0 Å². The van der Waals surface area contributed by atoms with Gasteiger partial charge in [0, 0.05) is 12.1 Å². The molecule has 0 amide bonds. The molecule has 1 N–H and O–H groups in total. The van der Waals surface area contributed by atoms with E-state index in [1.165, 1.54) is 51.7 Å². The number of nitrogens with zero attached hydrogens (tertiary/aromatic N) is 1. The smallest absolute Gasteiger partial charge is 0.0102 e. The van der Waals surface area contributed by atoms with Gasteiger partial charge in [0.25, 0.3) is 0 Å². The van der Waals surface area contributed by atoms with Gasteiger partial charge in [0.1, 0.15) is 0 Å². The lowest BCUT2D eigenvalue weighted by atomic mass is 10.0. The highest BCUT2D eigenvalue weighted by Gasteiger charge is 2.37. The van der Waals surface area contributed by atoms with E-state index in [1.807, 2.05) is 0 Å². The molecule has 2 unspecified atom stereocenters. The third-order valence-corrected chi connectivity index (χ3v) is 4.07. The van der Waals surface area contributed by atoms with Crippen molar-refractivity contribution in [1.82, 2.24) is 10.2 Å². The molecule has 1 saturated heterocycles. The third-order valence-electron chi connectivity index (χ3n) is 4.07. The summed E-state index contributed by atoms with van der Waals surface area (Å²) in [6.45, 7) is 8.41. The molecule has 0 aromatic rings. The minimum atomic E-state index is 0.819. The Hall–Kier alpha value is -0.0800. The van der Waals surface area contributed by atoms with E-state index in [2.05, 4.69) is 24.1 Å². The molecule has 15 heavy (non-hydrogen) atoms. The fourth-order valence-electron chi connectivity index (χ4n) is 2.86. The van der Waals surface area contributed by atoms with E-state index < -0.39 is 0 Å². The normalized spacial score (nSPS) is 33.2. The maximum atomic E-state index is 3.85. The molecule has 2 heteroatoms. The van der Waals surface area contributed by atoms with Gasteiger partial charge in [0.2, 0.25) is 0 Å². The summed E-state index contributed by atoms with van der Waals surface area (Å²) in [5.74, 6) is 1.01. The molecular formula is C13H26N2. The molecule has 1 aliphatic heterocycles.